The third-order valence-corrected chi connectivity index (χ3v) is 10.5. The van der Waals surface area contributed by atoms with Gasteiger partial charge in [-0.15, -0.1) is 0 Å². The Labute approximate surface area is 332 Å². The van der Waals surface area contributed by atoms with Gasteiger partial charge in [0, 0.05) is 31.7 Å². The van der Waals surface area contributed by atoms with Crippen LogP contribution in [0.1, 0.15) is 70.0 Å². The largest absolute Gasteiger partial charge is 0.487 e. The normalized spacial score (nSPS) is 16.9. The van der Waals surface area contributed by atoms with Gasteiger partial charge >= 0.3 is 12.2 Å². The molecule has 2 aliphatic rings. The van der Waals surface area contributed by atoms with Gasteiger partial charge in [0.05, 0.1) is 56.2 Å². The van der Waals surface area contributed by atoms with Crippen molar-refractivity contribution < 1.29 is 38.1 Å². The van der Waals surface area contributed by atoms with Gasteiger partial charge in [-0.1, -0.05) is 51.1 Å². The summed E-state index contributed by atoms with van der Waals surface area (Å²) in [6, 6.07) is 12.7. The number of likely N-dealkylation sites (tertiary alicyclic amines) is 1. The molecule has 304 valence electrons. The van der Waals surface area contributed by atoms with E-state index in [-0.39, 0.29) is 36.2 Å². The summed E-state index contributed by atoms with van der Waals surface area (Å²) in [4.78, 5) is 70.5. The molecule has 4 unspecified atom stereocenters. The van der Waals surface area contributed by atoms with Crippen LogP contribution in [0.2, 0.25) is 0 Å². The van der Waals surface area contributed by atoms with Crippen LogP contribution in [0.25, 0.3) is 33.6 Å². The first kappa shape index (κ1) is 40.8. The number of aromatic nitrogens is 4. The number of fused-ring (bicyclic) bond motifs is 3. The van der Waals surface area contributed by atoms with E-state index in [1.165, 1.54) is 14.2 Å². The lowest BCUT2D eigenvalue weighted by molar-refractivity contribution is -0.137. The summed E-state index contributed by atoms with van der Waals surface area (Å²) in [6.07, 6.45) is 1.86. The fourth-order valence-corrected chi connectivity index (χ4v) is 7.51. The summed E-state index contributed by atoms with van der Waals surface area (Å²) in [7, 11) is 4.18. The van der Waals surface area contributed by atoms with E-state index in [1.54, 1.807) is 23.1 Å². The molecule has 2 aromatic carbocycles. The van der Waals surface area contributed by atoms with E-state index < -0.39 is 24.3 Å². The molecule has 4 N–H and O–H groups in total. The SMILES string of the molecule is CCCN(C(=O)C(NC(=O)OC)C(C)C)C(C)c1nc2c([nH]1)COc1cc(-c3ccc(-c4cnc(C5CC(COC)CN5C(=O)CNC(=O)OC)[nH]4)cc3)ccc1-2. The van der Waals surface area contributed by atoms with E-state index in [0.717, 1.165) is 45.8 Å². The zero-order chi connectivity index (χ0) is 40.8. The van der Waals surface area contributed by atoms with Gasteiger partial charge in [-0.2, -0.15) is 0 Å². The summed E-state index contributed by atoms with van der Waals surface area (Å²) in [6.45, 7) is 9.32. The number of hydrogen-bond acceptors (Lipinski definition) is 10. The molecule has 6 rings (SSSR count). The number of nitrogens with zero attached hydrogens (tertiary/aromatic N) is 4. The predicted molar refractivity (Wildman–Crippen MR) is 211 cm³/mol. The Morgan fingerprint density at radius 3 is 2.39 bits per heavy atom. The second-order valence-corrected chi connectivity index (χ2v) is 14.7. The fraction of sp³-hybridized carbons (Fsp3) is 0.463. The molecular formula is C41H52N8O8. The van der Waals surface area contributed by atoms with Crippen LogP contribution < -0.4 is 15.4 Å². The number of rotatable bonds is 14. The maximum Gasteiger partial charge on any atom is 0.407 e. The molecule has 4 aromatic rings. The van der Waals surface area contributed by atoms with E-state index in [2.05, 4.69) is 30.3 Å². The Balaban J connectivity index is 1.17. The molecule has 2 aromatic heterocycles. The molecule has 1 saturated heterocycles. The van der Waals surface area contributed by atoms with E-state index in [4.69, 9.17) is 19.2 Å². The third kappa shape index (κ3) is 8.90. The average molecular weight is 785 g/mol. The molecule has 16 heteroatoms. The van der Waals surface area contributed by atoms with Gasteiger partial charge in [0.25, 0.3) is 0 Å². The number of hydrogen-bond donors (Lipinski definition) is 4. The van der Waals surface area contributed by atoms with Gasteiger partial charge in [-0.25, -0.2) is 19.6 Å². The predicted octanol–water partition coefficient (Wildman–Crippen LogP) is 5.60. The molecule has 4 heterocycles. The van der Waals surface area contributed by atoms with Crippen molar-refractivity contribution in [2.45, 2.75) is 65.3 Å². The van der Waals surface area contributed by atoms with Crippen molar-refractivity contribution >= 4 is 24.0 Å². The van der Waals surface area contributed by atoms with Crippen molar-refractivity contribution in [3.63, 3.8) is 0 Å². The molecule has 4 atom stereocenters. The summed E-state index contributed by atoms with van der Waals surface area (Å²) in [5, 5.41) is 5.17. The summed E-state index contributed by atoms with van der Waals surface area (Å²) in [5.74, 6) is 1.57. The lowest BCUT2D eigenvalue weighted by Crippen LogP contribution is -2.52. The molecule has 1 fully saturated rings. The third-order valence-electron chi connectivity index (χ3n) is 10.5. The van der Waals surface area contributed by atoms with Crippen molar-refractivity contribution in [3.05, 3.63) is 66.0 Å². The molecule has 0 saturated carbocycles. The quantitative estimate of drug-likeness (QED) is 0.125. The number of imidazole rings is 2. The number of H-pyrrole nitrogens is 2. The topological polar surface area (TPSA) is 193 Å². The van der Waals surface area contributed by atoms with Crippen molar-refractivity contribution in [2.24, 2.45) is 11.8 Å². The average Bonchev–Trinajstić information content (AvgIpc) is 3.99. The number of carbonyl (C=O) groups excluding carboxylic acids is 4. The number of alkyl carbamates (subject to hydrolysis) is 2. The molecular weight excluding hydrogens is 732 g/mol. The van der Waals surface area contributed by atoms with Gasteiger partial charge < -0.3 is 49.3 Å². The maximum absolute atomic E-state index is 13.8. The van der Waals surface area contributed by atoms with Gasteiger partial charge in [-0.05, 0) is 54.5 Å². The first-order valence-corrected chi connectivity index (χ1v) is 19.2. The summed E-state index contributed by atoms with van der Waals surface area (Å²) in [5.41, 5.74) is 6.18. The molecule has 0 bridgehead atoms. The highest BCUT2D eigenvalue weighted by Crippen LogP contribution is 2.40. The van der Waals surface area contributed by atoms with E-state index in [0.29, 0.717) is 50.1 Å². The standard InChI is InChI=1S/C41H52N8O8/c1-8-15-48(39(51)35(23(2)3)47-41(53)56-7)24(4)37-45-31-22-57-33-17-28(13-14-29(33)36(31)46-37)26-9-11-27(12-10-26)30-18-42-38(44-30)32-16-25(21-54-5)20-49(32)34(50)19-43-40(52)55-6/h9-14,17-18,23-25,32,35H,8,15-16,19-22H2,1-7H3,(H,42,44)(H,43,52)(H,45,46)(H,47,53). The van der Waals surface area contributed by atoms with Crippen LogP contribution in [-0.2, 0) is 30.4 Å². The lowest BCUT2D eigenvalue weighted by Gasteiger charge is -2.33. The van der Waals surface area contributed by atoms with Crippen LogP contribution in [0.15, 0.2) is 48.7 Å². The van der Waals surface area contributed by atoms with Crippen molar-refractivity contribution in [3.8, 4) is 39.4 Å². The summed E-state index contributed by atoms with van der Waals surface area (Å²) >= 11 is 0. The minimum Gasteiger partial charge on any atom is -0.487 e. The Bertz CT molecular complexity index is 2060. The number of nitrogens with one attached hydrogen (secondary N) is 4. The molecule has 0 spiro atoms. The van der Waals surface area contributed by atoms with Crippen LogP contribution in [0.3, 0.4) is 0 Å². The monoisotopic (exact) mass is 784 g/mol. The molecule has 2 aliphatic heterocycles. The van der Waals surface area contributed by atoms with Crippen LogP contribution in [0.4, 0.5) is 9.59 Å². The second kappa shape index (κ2) is 17.9. The molecule has 57 heavy (non-hydrogen) atoms. The first-order chi connectivity index (χ1) is 27.5. The Morgan fingerprint density at radius 2 is 1.70 bits per heavy atom. The first-order valence-electron chi connectivity index (χ1n) is 19.2. The minimum absolute atomic E-state index is 0.133. The fourth-order valence-electron chi connectivity index (χ4n) is 7.51. The number of carbonyl (C=O) groups is 4. The number of ether oxygens (including phenoxy) is 4. The van der Waals surface area contributed by atoms with Crippen LogP contribution in [0.5, 0.6) is 5.75 Å². The molecule has 0 radical (unpaired) electrons. The van der Waals surface area contributed by atoms with Crippen molar-refractivity contribution in [2.75, 3.05) is 47.6 Å². The van der Waals surface area contributed by atoms with Crippen LogP contribution in [-0.4, -0.2) is 107 Å². The molecule has 4 amide bonds. The van der Waals surface area contributed by atoms with Crippen molar-refractivity contribution in [1.29, 1.82) is 0 Å². The smallest absolute Gasteiger partial charge is 0.407 e. The Hall–Kier alpha value is -5.90. The van der Waals surface area contributed by atoms with E-state index in [9.17, 15) is 19.2 Å². The number of methoxy groups -OCH3 is 3. The molecule has 0 aliphatic carbocycles. The van der Waals surface area contributed by atoms with Gasteiger partial charge in [0.1, 0.15) is 36.6 Å². The van der Waals surface area contributed by atoms with E-state index >= 15 is 0 Å². The highest BCUT2D eigenvalue weighted by Gasteiger charge is 2.38. The summed E-state index contributed by atoms with van der Waals surface area (Å²) < 4.78 is 21.0. The lowest BCUT2D eigenvalue weighted by atomic mass is 9.99. The van der Waals surface area contributed by atoms with Crippen molar-refractivity contribution in [1.82, 2.24) is 40.4 Å². The minimum atomic E-state index is -0.747. The maximum atomic E-state index is 13.8. The highest BCUT2D eigenvalue weighted by molar-refractivity contribution is 5.86. The number of amides is 4. The highest BCUT2D eigenvalue weighted by atomic mass is 16.5. The zero-order valence-electron chi connectivity index (χ0n) is 33.5. The number of aromatic amines is 2. The Kier molecular flexibility index (Phi) is 12.8. The van der Waals surface area contributed by atoms with E-state index in [1.807, 2.05) is 70.2 Å². The van der Waals surface area contributed by atoms with Gasteiger partial charge in [0.15, 0.2) is 0 Å². The number of benzene rings is 2. The zero-order valence-corrected chi connectivity index (χ0v) is 33.5. The second-order valence-electron chi connectivity index (χ2n) is 14.7. The molecule has 16 nitrogen and oxygen atoms in total. The Morgan fingerprint density at radius 1 is 0.982 bits per heavy atom. The van der Waals surface area contributed by atoms with Crippen LogP contribution >= 0.6 is 0 Å². The van der Waals surface area contributed by atoms with Gasteiger partial charge in [-0.3, -0.25) is 9.59 Å². The van der Waals surface area contributed by atoms with Gasteiger partial charge in [0.2, 0.25) is 11.8 Å². The van der Waals surface area contributed by atoms with Crippen LogP contribution in [0, 0.1) is 11.8 Å².